The van der Waals surface area contributed by atoms with Crippen molar-refractivity contribution < 1.29 is 9.21 Å². The van der Waals surface area contributed by atoms with Gasteiger partial charge in [-0.3, -0.25) is 9.69 Å². The van der Waals surface area contributed by atoms with Gasteiger partial charge in [0, 0.05) is 18.4 Å². The molecule has 2 heterocycles. The lowest BCUT2D eigenvalue weighted by molar-refractivity contribution is -0.118. The zero-order chi connectivity index (χ0) is 23.5. The minimum absolute atomic E-state index is 0.0308. The van der Waals surface area contributed by atoms with E-state index in [-0.39, 0.29) is 12.3 Å². The molecule has 7 heteroatoms. The van der Waals surface area contributed by atoms with Crippen molar-refractivity contribution in [3.05, 3.63) is 95.4 Å². The van der Waals surface area contributed by atoms with Crippen molar-refractivity contribution in [2.45, 2.75) is 33.2 Å². The smallest absolute Gasteiger partial charge is 0.247 e. The maximum atomic E-state index is 13.4. The number of aryl methyl sites for hydroxylation is 3. The highest BCUT2D eigenvalue weighted by atomic mass is 32.1. The van der Waals surface area contributed by atoms with E-state index in [1.807, 2.05) is 60.7 Å². The number of nitrogens with zero attached hydrogens (tertiary/aromatic N) is 4. The highest BCUT2D eigenvalue weighted by Crippen LogP contribution is 2.33. The molecule has 0 aliphatic heterocycles. The fourth-order valence-electron chi connectivity index (χ4n) is 3.91. The third-order valence-corrected chi connectivity index (χ3v) is 6.79. The lowest BCUT2D eigenvalue weighted by atomic mass is 10.1. The standard InChI is InChI=1S/C27H24N4O2S/c1-18-15-19(2)25-22(16-18)28-27(34-25)31(17-20-9-5-3-6-10-20)24(32)14-13-23-29-30-26(33-23)21-11-7-4-8-12-21/h3-12,15-16H,13-14,17H2,1-2H3. The van der Waals surface area contributed by atoms with Crippen LogP contribution in [0, 0.1) is 13.8 Å². The lowest BCUT2D eigenvalue weighted by Gasteiger charge is -2.19. The van der Waals surface area contributed by atoms with Gasteiger partial charge in [0.2, 0.25) is 17.7 Å². The molecule has 5 rings (SSSR count). The van der Waals surface area contributed by atoms with Crippen LogP contribution < -0.4 is 4.90 Å². The molecule has 6 nitrogen and oxygen atoms in total. The zero-order valence-corrected chi connectivity index (χ0v) is 19.9. The van der Waals surface area contributed by atoms with Crippen molar-refractivity contribution in [1.82, 2.24) is 15.2 Å². The number of aromatic nitrogens is 3. The Morgan fingerprint density at radius 1 is 0.971 bits per heavy atom. The summed E-state index contributed by atoms with van der Waals surface area (Å²) in [7, 11) is 0. The second kappa shape index (κ2) is 9.57. The molecule has 3 aromatic carbocycles. The molecular weight excluding hydrogens is 444 g/mol. The zero-order valence-electron chi connectivity index (χ0n) is 19.1. The van der Waals surface area contributed by atoms with Crippen LogP contribution in [0.25, 0.3) is 21.7 Å². The Balaban J connectivity index is 1.38. The minimum Gasteiger partial charge on any atom is -0.421 e. The molecule has 0 aliphatic rings. The van der Waals surface area contributed by atoms with Crippen molar-refractivity contribution in [2.75, 3.05) is 4.90 Å². The van der Waals surface area contributed by atoms with Crippen LogP contribution in [-0.2, 0) is 17.8 Å². The molecule has 0 radical (unpaired) electrons. The molecule has 0 saturated heterocycles. The first kappa shape index (κ1) is 22.0. The monoisotopic (exact) mass is 468 g/mol. The summed E-state index contributed by atoms with van der Waals surface area (Å²) in [6, 6.07) is 23.8. The van der Waals surface area contributed by atoms with E-state index >= 15 is 0 Å². The summed E-state index contributed by atoms with van der Waals surface area (Å²) in [5.41, 5.74) is 5.16. The first-order valence-electron chi connectivity index (χ1n) is 11.2. The van der Waals surface area contributed by atoms with E-state index in [9.17, 15) is 4.79 Å². The number of hydrogen-bond donors (Lipinski definition) is 0. The number of carbonyl (C=O) groups excluding carboxylic acids is 1. The van der Waals surface area contributed by atoms with Gasteiger partial charge in [-0.25, -0.2) is 4.98 Å². The van der Waals surface area contributed by atoms with Gasteiger partial charge in [-0.2, -0.15) is 0 Å². The Morgan fingerprint density at radius 3 is 2.47 bits per heavy atom. The molecule has 5 aromatic rings. The second-order valence-corrected chi connectivity index (χ2v) is 9.24. The third-order valence-electron chi connectivity index (χ3n) is 5.56. The Labute approximate surface area is 201 Å². The van der Waals surface area contributed by atoms with Crippen LogP contribution in [-0.4, -0.2) is 21.1 Å². The summed E-state index contributed by atoms with van der Waals surface area (Å²) in [5, 5.41) is 8.97. The van der Waals surface area contributed by atoms with Gasteiger partial charge in [-0.05, 0) is 48.7 Å². The van der Waals surface area contributed by atoms with Gasteiger partial charge in [-0.15, -0.1) is 10.2 Å². The summed E-state index contributed by atoms with van der Waals surface area (Å²) < 4.78 is 6.90. The highest BCUT2D eigenvalue weighted by molar-refractivity contribution is 7.22. The summed E-state index contributed by atoms with van der Waals surface area (Å²) in [6.07, 6.45) is 0.615. The van der Waals surface area contributed by atoms with Crippen molar-refractivity contribution in [3.63, 3.8) is 0 Å². The third kappa shape index (κ3) is 4.75. The fraction of sp³-hybridized carbons (Fsp3) is 0.185. The first-order valence-corrected chi connectivity index (χ1v) is 12.0. The molecule has 0 saturated carbocycles. The van der Waals surface area contributed by atoms with Crippen LogP contribution in [0.3, 0.4) is 0 Å². The number of thiazole rings is 1. The van der Waals surface area contributed by atoms with Crippen LogP contribution in [0.5, 0.6) is 0 Å². The number of amides is 1. The maximum Gasteiger partial charge on any atom is 0.247 e. The maximum absolute atomic E-state index is 13.4. The lowest BCUT2D eigenvalue weighted by Crippen LogP contribution is -2.30. The molecule has 0 spiro atoms. The number of benzene rings is 3. The summed E-state index contributed by atoms with van der Waals surface area (Å²) >= 11 is 1.55. The Morgan fingerprint density at radius 2 is 1.71 bits per heavy atom. The molecule has 170 valence electrons. The fourth-order valence-corrected chi connectivity index (χ4v) is 4.94. The molecule has 0 unspecified atom stereocenters. The Hall–Kier alpha value is -3.84. The van der Waals surface area contributed by atoms with Crippen LogP contribution in [0.4, 0.5) is 5.13 Å². The summed E-state index contributed by atoms with van der Waals surface area (Å²) in [6.45, 7) is 4.60. The number of rotatable bonds is 7. The number of hydrogen-bond acceptors (Lipinski definition) is 6. The van der Waals surface area contributed by atoms with Crippen LogP contribution in [0.2, 0.25) is 0 Å². The normalized spacial score (nSPS) is 11.1. The average molecular weight is 469 g/mol. The molecule has 0 aliphatic carbocycles. The van der Waals surface area contributed by atoms with E-state index < -0.39 is 0 Å². The molecule has 2 aromatic heterocycles. The predicted octanol–water partition coefficient (Wildman–Crippen LogP) is 6.13. The summed E-state index contributed by atoms with van der Waals surface area (Å²) in [5.74, 6) is 0.876. The van der Waals surface area contributed by atoms with Crippen LogP contribution >= 0.6 is 11.3 Å². The van der Waals surface area contributed by atoms with E-state index in [0.29, 0.717) is 29.9 Å². The van der Waals surface area contributed by atoms with Crippen LogP contribution in [0.15, 0.2) is 77.2 Å². The number of fused-ring (bicyclic) bond motifs is 1. The van der Waals surface area contributed by atoms with Crippen molar-refractivity contribution >= 4 is 32.6 Å². The van der Waals surface area contributed by atoms with E-state index in [4.69, 9.17) is 9.40 Å². The average Bonchev–Trinajstić information content (AvgIpc) is 3.50. The molecule has 34 heavy (non-hydrogen) atoms. The van der Waals surface area contributed by atoms with Gasteiger partial charge in [0.25, 0.3) is 0 Å². The Kier molecular flexibility index (Phi) is 6.18. The first-order chi connectivity index (χ1) is 16.6. The molecule has 0 fully saturated rings. The van der Waals surface area contributed by atoms with Gasteiger partial charge in [0.1, 0.15) is 0 Å². The van der Waals surface area contributed by atoms with E-state index in [1.54, 1.807) is 16.2 Å². The molecular formula is C27H24N4O2S. The van der Waals surface area contributed by atoms with Crippen molar-refractivity contribution in [1.29, 1.82) is 0 Å². The van der Waals surface area contributed by atoms with Gasteiger partial charge in [-0.1, -0.05) is 65.9 Å². The number of anilines is 1. The molecule has 0 N–H and O–H groups in total. The summed E-state index contributed by atoms with van der Waals surface area (Å²) in [4.78, 5) is 20.0. The molecule has 0 bridgehead atoms. The van der Waals surface area contributed by atoms with Gasteiger partial charge in [0.05, 0.1) is 16.8 Å². The topological polar surface area (TPSA) is 72.1 Å². The quantitative estimate of drug-likeness (QED) is 0.287. The SMILES string of the molecule is Cc1cc(C)c2sc(N(Cc3ccccc3)C(=O)CCc3nnc(-c4ccccc4)o3)nc2c1. The second-order valence-electron chi connectivity index (χ2n) is 8.26. The van der Waals surface area contributed by atoms with Gasteiger partial charge in [0.15, 0.2) is 5.13 Å². The van der Waals surface area contributed by atoms with Gasteiger partial charge >= 0.3 is 0 Å². The van der Waals surface area contributed by atoms with Gasteiger partial charge < -0.3 is 4.42 Å². The van der Waals surface area contributed by atoms with Crippen molar-refractivity contribution in [2.24, 2.45) is 0 Å². The predicted molar refractivity (Wildman–Crippen MR) is 135 cm³/mol. The van der Waals surface area contributed by atoms with Crippen molar-refractivity contribution in [3.8, 4) is 11.5 Å². The minimum atomic E-state index is -0.0308. The van der Waals surface area contributed by atoms with E-state index in [0.717, 1.165) is 26.9 Å². The highest BCUT2D eigenvalue weighted by Gasteiger charge is 2.22. The number of carbonyl (C=O) groups is 1. The van der Waals surface area contributed by atoms with Crippen LogP contribution in [0.1, 0.15) is 29.0 Å². The molecule has 1 amide bonds. The van der Waals surface area contributed by atoms with E-state index in [1.165, 1.54) is 5.56 Å². The largest absolute Gasteiger partial charge is 0.421 e. The Bertz CT molecular complexity index is 1430. The molecule has 0 atom stereocenters. The van der Waals surface area contributed by atoms with E-state index in [2.05, 4.69) is 36.2 Å².